The van der Waals surface area contributed by atoms with E-state index in [1.54, 1.807) is 0 Å². The predicted octanol–water partition coefficient (Wildman–Crippen LogP) is 3.38. The van der Waals surface area contributed by atoms with Gasteiger partial charge in [0, 0.05) is 23.9 Å². The lowest BCUT2D eigenvalue weighted by Crippen LogP contribution is -2.52. The van der Waals surface area contributed by atoms with E-state index in [-0.39, 0.29) is 11.8 Å². The molecular weight excluding hydrogens is 282 g/mol. The summed E-state index contributed by atoms with van der Waals surface area (Å²) < 4.78 is 0. The van der Waals surface area contributed by atoms with Gasteiger partial charge in [-0.15, -0.1) is 11.3 Å². The van der Waals surface area contributed by atoms with Crippen molar-refractivity contribution >= 4 is 17.2 Å². The van der Waals surface area contributed by atoms with Crippen molar-refractivity contribution in [2.45, 2.75) is 51.0 Å². The molecule has 1 atom stereocenters. The van der Waals surface area contributed by atoms with Gasteiger partial charge in [-0.3, -0.25) is 4.79 Å². The molecule has 2 aliphatic rings. The highest BCUT2D eigenvalue weighted by atomic mass is 32.1. The van der Waals surface area contributed by atoms with Gasteiger partial charge >= 0.3 is 0 Å². The van der Waals surface area contributed by atoms with Gasteiger partial charge in [0.2, 0.25) is 0 Å². The molecule has 0 bridgehead atoms. The number of thiophene rings is 1. The Morgan fingerprint density at radius 2 is 1.95 bits per heavy atom. The van der Waals surface area contributed by atoms with Crippen molar-refractivity contribution in [3.05, 3.63) is 22.4 Å². The normalized spacial score (nSPS) is 24.2. The van der Waals surface area contributed by atoms with Crippen LogP contribution in [0.5, 0.6) is 0 Å². The number of amides is 1. The minimum absolute atomic E-state index is 0.0521. The molecule has 116 valence electrons. The van der Waals surface area contributed by atoms with E-state index >= 15 is 0 Å². The fourth-order valence-corrected chi connectivity index (χ4v) is 4.67. The molecule has 0 aromatic carbocycles. The molecule has 3 nitrogen and oxygen atoms in total. The van der Waals surface area contributed by atoms with Crippen molar-refractivity contribution < 1.29 is 9.90 Å². The number of aliphatic hydroxyl groups is 1. The number of nitrogens with zero attached hydrogens (tertiary/aromatic N) is 1. The molecule has 2 fully saturated rings. The third-order valence-corrected chi connectivity index (χ3v) is 6.23. The molecular formula is C17H25NO2S. The Morgan fingerprint density at radius 1 is 1.29 bits per heavy atom. The zero-order valence-electron chi connectivity index (χ0n) is 12.8. The minimum atomic E-state index is -1.29. The van der Waals surface area contributed by atoms with Crippen LogP contribution in [-0.4, -0.2) is 29.0 Å². The Morgan fingerprint density at radius 3 is 2.52 bits per heavy atom. The van der Waals surface area contributed by atoms with E-state index < -0.39 is 5.60 Å². The Balaban J connectivity index is 1.86. The first-order chi connectivity index (χ1) is 10.1. The maximum atomic E-state index is 13.1. The van der Waals surface area contributed by atoms with E-state index in [9.17, 15) is 9.90 Å². The molecule has 1 aromatic heterocycles. The summed E-state index contributed by atoms with van der Waals surface area (Å²) >= 11 is 1.51. The molecule has 4 heteroatoms. The summed E-state index contributed by atoms with van der Waals surface area (Å²) in [5, 5.41) is 13.3. The average Bonchev–Trinajstić information content (AvgIpc) is 3.20. The maximum absolute atomic E-state index is 13.1. The number of hydrogen-bond acceptors (Lipinski definition) is 3. The first kappa shape index (κ1) is 15.0. The Hall–Kier alpha value is -0.870. The number of hydrogen-bond donors (Lipinski definition) is 1. The van der Waals surface area contributed by atoms with E-state index in [1.165, 1.54) is 11.3 Å². The zero-order chi connectivity index (χ0) is 14.9. The Kier molecular flexibility index (Phi) is 4.36. The van der Waals surface area contributed by atoms with Crippen LogP contribution in [0.3, 0.4) is 0 Å². The van der Waals surface area contributed by atoms with Crippen LogP contribution in [0.15, 0.2) is 17.5 Å². The second-order valence-electron chi connectivity index (χ2n) is 6.70. The molecule has 2 heterocycles. The zero-order valence-corrected chi connectivity index (χ0v) is 13.6. The second-order valence-corrected chi connectivity index (χ2v) is 7.65. The Bertz CT molecular complexity index is 473. The van der Waals surface area contributed by atoms with Crippen molar-refractivity contribution in [1.82, 2.24) is 4.90 Å². The molecule has 1 amide bonds. The quantitative estimate of drug-likeness (QED) is 0.930. The third-order valence-electron chi connectivity index (χ3n) is 5.24. The van der Waals surface area contributed by atoms with Gasteiger partial charge < -0.3 is 10.0 Å². The van der Waals surface area contributed by atoms with Gasteiger partial charge in [0.1, 0.15) is 0 Å². The monoisotopic (exact) mass is 307 g/mol. The largest absolute Gasteiger partial charge is 0.374 e. The first-order valence-corrected chi connectivity index (χ1v) is 9.06. The second kappa shape index (κ2) is 6.09. The Labute approximate surface area is 131 Å². The van der Waals surface area contributed by atoms with E-state index in [0.717, 1.165) is 56.5 Å². The lowest BCUT2D eigenvalue weighted by molar-refractivity contribution is -0.160. The molecule has 1 aromatic rings. The van der Waals surface area contributed by atoms with Crippen molar-refractivity contribution in [2.24, 2.45) is 11.8 Å². The van der Waals surface area contributed by atoms with E-state index in [1.807, 2.05) is 22.4 Å². The standard InChI is InChI=1S/C17H25NO2S/c1-13-8-10-18(11-9-13)16(19)17(20,14-5-2-3-6-14)15-7-4-12-21-15/h4,7,12-14,20H,2-3,5-6,8-11H2,1H3. The van der Waals surface area contributed by atoms with Gasteiger partial charge in [0.25, 0.3) is 5.91 Å². The SMILES string of the molecule is CC1CCN(C(=O)C(O)(c2cccs2)C2CCCC2)CC1. The van der Waals surface area contributed by atoms with Crippen LogP contribution in [0.2, 0.25) is 0 Å². The van der Waals surface area contributed by atoms with Crippen LogP contribution >= 0.6 is 11.3 Å². The number of likely N-dealkylation sites (tertiary alicyclic amines) is 1. The fourth-order valence-electron chi connectivity index (χ4n) is 3.77. The van der Waals surface area contributed by atoms with Gasteiger partial charge in [-0.05, 0) is 43.0 Å². The summed E-state index contributed by atoms with van der Waals surface area (Å²) in [6.07, 6.45) is 6.29. The summed E-state index contributed by atoms with van der Waals surface area (Å²) in [6, 6.07) is 3.86. The lowest BCUT2D eigenvalue weighted by atomic mass is 9.82. The van der Waals surface area contributed by atoms with E-state index in [2.05, 4.69) is 6.92 Å². The van der Waals surface area contributed by atoms with Crippen LogP contribution in [0.1, 0.15) is 50.3 Å². The van der Waals surface area contributed by atoms with Gasteiger partial charge in [0.05, 0.1) is 0 Å². The topological polar surface area (TPSA) is 40.5 Å². The summed E-state index contributed by atoms with van der Waals surface area (Å²) in [4.78, 5) is 15.8. The fraction of sp³-hybridized carbons (Fsp3) is 0.706. The van der Waals surface area contributed by atoms with Crippen molar-refractivity contribution in [3.63, 3.8) is 0 Å². The summed E-state index contributed by atoms with van der Waals surface area (Å²) in [7, 11) is 0. The third kappa shape index (κ3) is 2.76. The van der Waals surface area contributed by atoms with Crippen molar-refractivity contribution in [1.29, 1.82) is 0 Å². The first-order valence-electron chi connectivity index (χ1n) is 8.18. The summed E-state index contributed by atoms with van der Waals surface area (Å²) in [5.74, 6) is 0.724. The molecule has 1 saturated heterocycles. The molecule has 1 saturated carbocycles. The van der Waals surface area contributed by atoms with Gasteiger partial charge in [-0.25, -0.2) is 0 Å². The lowest BCUT2D eigenvalue weighted by Gasteiger charge is -2.39. The van der Waals surface area contributed by atoms with Crippen molar-refractivity contribution in [3.8, 4) is 0 Å². The number of rotatable bonds is 3. The predicted molar refractivity (Wildman–Crippen MR) is 85.2 cm³/mol. The van der Waals surface area contributed by atoms with Crippen LogP contribution in [-0.2, 0) is 10.4 Å². The molecule has 1 unspecified atom stereocenters. The molecule has 1 N–H and O–H groups in total. The van der Waals surface area contributed by atoms with Gasteiger partial charge in [-0.1, -0.05) is 25.8 Å². The highest BCUT2D eigenvalue weighted by molar-refractivity contribution is 7.10. The van der Waals surface area contributed by atoms with Crippen LogP contribution < -0.4 is 0 Å². The van der Waals surface area contributed by atoms with Gasteiger partial charge in [-0.2, -0.15) is 0 Å². The number of piperidine rings is 1. The van der Waals surface area contributed by atoms with Crippen LogP contribution in [0.4, 0.5) is 0 Å². The number of carbonyl (C=O) groups is 1. The highest BCUT2D eigenvalue weighted by Crippen LogP contribution is 2.43. The smallest absolute Gasteiger partial charge is 0.260 e. The molecule has 21 heavy (non-hydrogen) atoms. The molecule has 1 aliphatic heterocycles. The van der Waals surface area contributed by atoms with E-state index in [0.29, 0.717) is 5.92 Å². The number of carbonyl (C=O) groups excluding carboxylic acids is 1. The minimum Gasteiger partial charge on any atom is -0.374 e. The molecule has 1 aliphatic carbocycles. The van der Waals surface area contributed by atoms with Crippen LogP contribution in [0.25, 0.3) is 0 Å². The van der Waals surface area contributed by atoms with Gasteiger partial charge in [0.15, 0.2) is 5.60 Å². The molecule has 3 rings (SSSR count). The van der Waals surface area contributed by atoms with Crippen LogP contribution in [0, 0.1) is 11.8 Å². The van der Waals surface area contributed by atoms with E-state index in [4.69, 9.17) is 0 Å². The highest BCUT2D eigenvalue weighted by Gasteiger charge is 2.49. The average molecular weight is 307 g/mol. The van der Waals surface area contributed by atoms with Crippen molar-refractivity contribution in [2.75, 3.05) is 13.1 Å². The molecule has 0 spiro atoms. The summed E-state index contributed by atoms with van der Waals surface area (Å²) in [6.45, 7) is 3.82. The maximum Gasteiger partial charge on any atom is 0.260 e. The molecule has 0 radical (unpaired) electrons. The summed E-state index contributed by atoms with van der Waals surface area (Å²) in [5.41, 5.74) is -1.29.